The van der Waals surface area contributed by atoms with Crippen LogP contribution in [0.3, 0.4) is 0 Å². The molecule has 0 heterocycles. The summed E-state index contributed by atoms with van der Waals surface area (Å²) in [7, 11) is 0. The number of rotatable bonds is 13. The third-order valence-corrected chi connectivity index (χ3v) is 2.62. The number of hydrogen-bond donors (Lipinski definition) is 3. The number of nitrogens with two attached hydrogens (primary N) is 1. The first-order valence-electron chi connectivity index (χ1n) is 8.46. The molecule has 0 aromatic rings. The van der Waals surface area contributed by atoms with E-state index in [0.717, 1.165) is 0 Å². The molecule has 0 aromatic heterocycles. The van der Waals surface area contributed by atoms with Gasteiger partial charge in [-0.05, 0) is 27.7 Å². The summed E-state index contributed by atoms with van der Waals surface area (Å²) in [5, 5.41) is 5.24. The number of ether oxygens (including phenoxy) is 4. The summed E-state index contributed by atoms with van der Waals surface area (Å²) in [6, 6.07) is -0.511. The van der Waals surface area contributed by atoms with Gasteiger partial charge in [0.1, 0.15) is 5.60 Å². The number of alkyl carbamates (subject to hydrolysis) is 1. The fourth-order valence-corrected chi connectivity index (χ4v) is 1.49. The van der Waals surface area contributed by atoms with Crippen molar-refractivity contribution < 1.29 is 28.5 Å². The summed E-state index contributed by atoms with van der Waals surface area (Å²) < 4.78 is 21.0. The Bertz CT molecular complexity index is 371. The summed E-state index contributed by atoms with van der Waals surface area (Å²) >= 11 is 0. The number of carbonyl (C=O) groups is 2. The number of nitrogens with one attached hydrogen (secondary N) is 2. The Labute approximate surface area is 149 Å². The third-order valence-electron chi connectivity index (χ3n) is 2.62. The smallest absolute Gasteiger partial charge is 0.407 e. The van der Waals surface area contributed by atoms with E-state index in [9.17, 15) is 9.59 Å². The molecule has 0 aliphatic heterocycles. The molecular weight excluding hydrogens is 330 g/mol. The van der Waals surface area contributed by atoms with Gasteiger partial charge < -0.3 is 35.3 Å². The van der Waals surface area contributed by atoms with E-state index in [1.54, 1.807) is 27.7 Å². The van der Waals surface area contributed by atoms with E-state index in [4.69, 9.17) is 24.7 Å². The molecule has 9 heteroatoms. The molecule has 1 atom stereocenters. The van der Waals surface area contributed by atoms with Gasteiger partial charge >= 0.3 is 6.09 Å². The van der Waals surface area contributed by atoms with Crippen LogP contribution in [-0.2, 0) is 23.7 Å². The quantitative estimate of drug-likeness (QED) is 0.395. The van der Waals surface area contributed by atoms with Crippen molar-refractivity contribution in [2.75, 3.05) is 52.7 Å². The average molecular weight is 363 g/mol. The van der Waals surface area contributed by atoms with Crippen molar-refractivity contribution in [3.05, 3.63) is 0 Å². The second-order valence-electron chi connectivity index (χ2n) is 6.35. The lowest BCUT2D eigenvalue weighted by atomic mass is 10.2. The molecule has 0 spiro atoms. The fraction of sp³-hybridized carbons (Fsp3) is 0.875. The zero-order chi connectivity index (χ0) is 19.1. The van der Waals surface area contributed by atoms with E-state index in [0.29, 0.717) is 52.7 Å². The molecule has 0 aromatic carbocycles. The second kappa shape index (κ2) is 13.8. The monoisotopic (exact) mass is 363 g/mol. The average Bonchev–Trinajstić information content (AvgIpc) is 2.49. The van der Waals surface area contributed by atoms with E-state index in [1.807, 2.05) is 0 Å². The standard InChI is InChI=1S/C16H33N3O6/c1-13(17)14(20)18-5-7-22-9-11-24-12-10-23-8-6-19-15(21)25-16(2,3)4/h13H,5-12,17H2,1-4H3,(H,18,20)(H,19,21)/t13-/m0/s1. The molecular formula is C16H33N3O6. The summed E-state index contributed by atoms with van der Waals surface area (Å²) in [6.45, 7) is 10.4. The SMILES string of the molecule is C[C@H](N)C(=O)NCCOCCOCCOCCNC(=O)OC(C)(C)C. The van der Waals surface area contributed by atoms with E-state index >= 15 is 0 Å². The maximum Gasteiger partial charge on any atom is 0.407 e. The number of amides is 2. The topological polar surface area (TPSA) is 121 Å². The molecule has 148 valence electrons. The highest BCUT2D eigenvalue weighted by Gasteiger charge is 2.15. The summed E-state index contributed by atoms with van der Waals surface area (Å²) in [6.07, 6.45) is -0.457. The highest BCUT2D eigenvalue weighted by molar-refractivity contribution is 5.80. The summed E-state index contributed by atoms with van der Waals surface area (Å²) in [5.74, 6) is -0.196. The molecule has 0 unspecified atom stereocenters. The molecule has 9 nitrogen and oxygen atoms in total. The van der Waals surface area contributed by atoms with Gasteiger partial charge in [0, 0.05) is 13.1 Å². The van der Waals surface area contributed by atoms with Crippen molar-refractivity contribution in [3.8, 4) is 0 Å². The molecule has 0 radical (unpaired) electrons. The number of hydrogen-bond acceptors (Lipinski definition) is 7. The van der Waals surface area contributed by atoms with Gasteiger partial charge in [0.05, 0.1) is 45.7 Å². The molecule has 25 heavy (non-hydrogen) atoms. The Hall–Kier alpha value is -1.42. The Morgan fingerprint density at radius 1 is 0.880 bits per heavy atom. The minimum Gasteiger partial charge on any atom is -0.444 e. The van der Waals surface area contributed by atoms with Crippen molar-refractivity contribution in [3.63, 3.8) is 0 Å². The van der Waals surface area contributed by atoms with Crippen molar-refractivity contribution >= 4 is 12.0 Å². The number of carbonyl (C=O) groups excluding carboxylic acids is 2. The van der Waals surface area contributed by atoms with Gasteiger partial charge in [-0.15, -0.1) is 0 Å². The fourth-order valence-electron chi connectivity index (χ4n) is 1.49. The van der Waals surface area contributed by atoms with Gasteiger partial charge in [0.2, 0.25) is 5.91 Å². The van der Waals surface area contributed by atoms with E-state index in [2.05, 4.69) is 10.6 Å². The molecule has 0 aliphatic rings. The van der Waals surface area contributed by atoms with E-state index in [1.165, 1.54) is 0 Å². The van der Waals surface area contributed by atoms with Crippen LogP contribution < -0.4 is 16.4 Å². The van der Waals surface area contributed by atoms with E-state index in [-0.39, 0.29) is 5.91 Å². The Balaban J connectivity index is 3.24. The highest BCUT2D eigenvalue weighted by Crippen LogP contribution is 2.05. The normalized spacial score (nSPS) is 12.5. The minimum atomic E-state index is -0.511. The first-order valence-corrected chi connectivity index (χ1v) is 8.46. The predicted molar refractivity (Wildman–Crippen MR) is 93.4 cm³/mol. The Kier molecular flexibility index (Phi) is 13.0. The van der Waals surface area contributed by atoms with Crippen LogP contribution >= 0.6 is 0 Å². The minimum absolute atomic E-state index is 0.196. The highest BCUT2D eigenvalue weighted by atomic mass is 16.6. The molecule has 0 rings (SSSR count). The molecule has 0 saturated carbocycles. The molecule has 2 amide bonds. The van der Waals surface area contributed by atoms with Gasteiger partial charge in [-0.3, -0.25) is 4.79 Å². The van der Waals surface area contributed by atoms with Gasteiger partial charge in [-0.2, -0.15) is 0 Å². The predicted octanol–water partition coefficient (Wildman–Crippen LogP) is 0.0243. The maximum absolute atomic E-state index is 11.4. The van der Waals surface area contributed by atoms with Crippen molar-refractivity contribution in [1.82, 2.24) is 10.6 Å². The third kappa shape index (κ3) is 17.2. The summed E-state index contributed by atoms with van der Waals surface area (Å²) in [4.78, 5) is 22.5. The Morgan fingerprint density at radius 3 is 1.76 bits per heavy atom. The van der Waals surface area contributed by atoms with Gasteiger partial charge in [0.25, 0.3) is 0 Å². The largest absolute Gasteiger partial charge is 0.444 e. The van der Waals surface area contributed by atoms with E-state index < -0.39 is 17.7 Å². The van der Waals surface area contributed by atoms with Gasteiger partial charge in [-0.25, -0.2) is 4.79 Å². The Morgan fingerprint density at radius 2 is 1.32 bits per heavy atom. The van der Waals surface area contributed by atoms with Crippen molar-refractivity contribution in [2.24, 2.45) is 5.73 Å². The zero-order valence-electron chi connectivity index (χ0n) is 15.8. The van der Waals surface area contributed by atoms with Crippen LogP contribution in [0.2, 0.25) is 0 Å². The lowest BCUT2D eigenvalue weighted by Crippen LogP contribution is -2.39. The molecule has 0 saturated heterocycles. The first-order chi connectivity index (χ1) is 11.7. The molecule has 0 fully saturated rings. The molecule has 4 N–H and O–H groups in total. The summed E-state index contributed by atoms with van der Waals surface area (Å²) in [5.41, 5.74) is 4.90. The molecule has 0 bridgehead atoms. The van der Waals surface area contributed by atoms with Crippen molar-refractivity contribution in [2.45, 2.75) is 39.3 Å². The first kappa shape index (κ1) is 23.6. The van der Waals surface area contributed by atoms with Crippen molar-refractivity contribution in [1.29, 1.82) is 0 Å². The maximum atomic E-state index is 11.4. The lowest BCUT2D eigenvalue weighted by Gasteiger charge is -2.19. The lowest BCUT2D eigenvalue weighted by molar-refractivity contribution is -0.122. The van der Waals surface area contributed by atoms with Crippen LogP contribution in [0.25, 0.3) is 0 Å². The van der Waals surface area contributed by atoms with Gasteiger partial charge in [0.15, 0.2) is 0 Å². The second-order valence-corrected chi connectivity index (χ2v) is 6.35. The molecule has 0 aliphatic carbocycles. The van der Waals surface area contributed by atoms with Crippen LogP contribution in [0, 0.1) is 0 Å². The van der Waals surface area contributed by atoms with Crippen LogP contribution in [0.4, 0.5) is 4.79 Å². The van der Waals surface area contributed by atoms with Crippen LogP contribution in [0.15, 0.2) is 0 Å². The van der Waals surface area contributed by atoms with Gasteiger partial charge in [-0.1, -0.05) is 0 Å². The van der Waals surface area contributed by atoms with Crippen LogP contribution in [-0.4, -0.2) is 76.4 Å². The van der Waals surface area contributed by atoms with Crippen LogP contribution in [0.1, 0.15) is 27.7 Å². The zero-order valence-corrected chi connectivity index (χ0v) is 15.8. The van der Waals surface area contributed by atoms with Crippen LogP contribution in [0.5, 0.6) is 0 Å².